The Bertz CT molecular complexity index is 990. The van der Waals surface area contributed by atoms with E-state index in [9.17, 15) is 9.59 Å². The van der Waals surface area contributed by atoms with Crippen LogP contribution in [0.15, 0.2) is 53.7 Å². The summed E-state index contributed by atoms with van der Waals surface area (Å²) in [5.41, 5.74) is 1.42. The molecule has 2 aromatic carbocycles. The van der Waals surface area contributed by atoms with Gasteiger partial charge in [-0.1, -0.05) is 23.9 Å². The molecule has 0 unspecified atom stereocenters. The molecule has 10 heteroatoms. The molecule has 150 valence electrons. The molecule has 0 aliphatic heterocycles. The maximum atomic E-state index is 12.7. The summed E-state index contributed by atoms with van der Waals surface area (Å²) in [6.07, 6.45) is 0. The highest BCUT2D eigenvalue weighted by Gasteiger charge is 2.14. The number of carbonyl (C=O) groups excluding carboxylic acids is 2. The van der Waals surface area contributed by atoms with Crippen molar-refractivity contribution >= 4 is 35.0 Å². The summed E-state index contributed by atoms with van der Waals surface area (Å²) >= 11 is 1.21. The van der Waals surface area contributed by atoms with E-state index in [0.29, 0.717) is 28.7 Å². The maximum absolute atomic E-state index is 12.7. The second-order valence-corrected chi connectivity index (χ2v) is 6.82. The molecule has 2 amide bonds. The van der Waals surface area contributed by atoms with Crippen LogP contribution in [0.2, 0.25) is 0 Å². The third-order valence-corrected chi connectivity index (χ3v) is 4.79. The summed E-state index contributed by atoms with van der Waals surface area (Å²) in [4.78, 5) is 25.0. The third-order valence-electron chi connectivity index (χ3n) is 3.78. The summed E-state index contributed by atoms with van der Waals surface area (Å²) in [5, 5.41) is 17.2. The van der Waals surface area contributed by atoms with Crippen molar-refractivity contribution in [1.29, 1.82) is 0 Å². The molecule has 0 radical (unpaired) electrons. The monoisotopic (exact) mass is 412 g/mol. The molecule has 9 nitrogen and oxygen atoms in total. The topological polar surface area (TPSA) is 111 Å². The quantitative estimate of drug-likeness (QED) is 0.547. The first-order chi connectivity index (χ1) is 14.1. The van der Waals surface area contributed by atoms with Crippen LogP contribution in [0.5, 0.6) is 5.75 Å². The Kier molecular flexibility index (Phi) is 6.80. The van der Waals surface area contributed by atoms with Gasteiger partial charge in [0.25, 0.3) is 5.91 Å². The number of anilines is 2. The number of nitrogens with zero attached hydrogens (tertiary/aromatic N) is 4. The Balaban J connectivity index is 1.63. The smallest absolute Gasteiger partial charge is 0.257 e. The minimum absolute atomic E-state index is 0.114. The normalized spacial score (nSPS) is 10.4. The van der Waals surface area contributed by atoms with E-state index < -0.39 is 0 Å². The van der Waals surface area contributed by atoms with Crippen molar-refractivity contribution in [2.24, 2.45) is 7.05 Å². The zero-order valence-corrected chi connectivity index (χ0v) is 16.8. The number of hydrogen-bond acceptors (Lipinski definition) is 7. The van der Waals surface area contributed by atoms with Gasteiger partial charge in [-0.2, -0.15) is 0 Å². The van der Waals surface area contributed by atoms with Crippen LogP contribution in [-0.2, 0) is 11.8 Å². The Morgan fingerprint density at radius 1 is 1.10 bits per heavy atom. The Morgan fingerprint density at radius 2 is 1.86 bits per heavy atom. The predicted molar refractivity (Wildman–Crippen MR) is 110 cm³/mol. The van der Waals surface area contributed by atoms with E-state index in [4.69, 9.17) is 4.74 Å². The number of carbonyl (C=O) groups is 2. The van der Waals surface area contributed by atoms with E-state index in [0.717, 1.165) is 5.75 Å². The second-order valence-electron chi connectivity index (χ2n) is 5.88. The number of benzene rings is 2. The summed E-state index contributed by atoms with van der Waals surface area (Å²) in [6, 6.07) is 13.9. The van der Waals surface area contributed by atoms with Gasteiger partial charge in [0.1, 0.15) is 5.75 Å². The average molecular weight is 412 g/mol. The van der Waals surface area contributed by atoms with Gasteiger partial charge in [0.2, 0.25) is 11.1 Å². The zero-order chi connectivity index (χ0) is 20.6. The molecule has 0 saturated carbocycles. The fraction of sp³-hybridized carbons (Fsp3) is 0.211. The molecule has 29 heavy (non-hydrogen) atoms. The zero-order valence-electron chi connectivity index (χ0n) is 16.0. The SMILES string of the molecule is CCOc1ccc(NC(=O)c2ccccc2NC(=O)CSc2nnnn2C)cc1. The van der Waals surface area contributed by atoms with Gasteiger partial charge in [-0.3, -0.25) is 9.59 Å². The molecule has 0 bridgehead atoms. The van der Waals surface area contributed by atoms with E-state index in [1.165, 1.54) is 16.4 Å². The number of aryl methyl sites for hydroxylation is 1. The number of aromatic nitrogens is 4. The molecule has 1 aromatic heterocycles. The lowest BCUT2D eigenvalue weighted by Gasteiger charge is -2.12. The fourth-order valence-corrected chi connectivity index (χ4v) is 3.10. The molecule has 0 spiro atoms. The van der Waals surface area contributed by atoms with Gasteiger partial charge in [-0.25, -0.2) is 4.68 Å². The first-order valence-corrected chi connectivity index (χ1v) is 9.83. The maximum Gasteiger partial charge on any atom is 0.257 e. The lowest BCUT2D eigenvalue weighted by molar-refractivity contribution is -0.113. The molecule has 0 aliphatic carbocycles. The van der Waals surface area contributed by atoms with Crippen LogP contribution in [0.25, 0.3) is 0 Å². The largest absolute Gasteiger partial charge is 0.494 e. The Hall–Kier alpha value is -3.40. The first-order valence-electron chi connectivity index (χ1n) is 8.85. The van der Waals surface area contributed by atoms with Gasteiger partial charge in [-0.05, 0) is 53.7 Å². The lowest BCUT2D eigenvalue weighted by Crippen LogP contribution is -2.19. The highest BCUT2D eigenvalue weighted by molar-refractivity contribution is 7.99. The van der Waals surface area contributed by atoms with E-state index in [-0.39, 0.29) is 17.6 Å². The van der Waals surface area contributed by atoms with E-state index in [2.05, 4.69) is 26.2 Å². The highest BCUT2D eigenvalue weighted by atomic mass is 32.2. The van der Waals surface area contributed by atoms with Crippen molar-refractivity contribution in [3.05, 3.63) is 54.1 Å². The predicted octanol–water partition coefficient (Wildman–Crippen LogP) is 2.59. The van der Waals surface area contributed by atoms with Crippen LogP contribution in [0, 0.1) is 0 Å². The van der Waals surface area contributed by atoms with Crippen LogP contribution >= 0.6 is 11.8 Å². The van der Waals surface area contributed by atoms with Crippen LogP contribution in [0.1, 0.15) is 17.3 Å². The number of hydrogen-bond donors (Lipinski definition) is 2. The van der Waals surface area contributed by atoms with Gasteiger partial charge in [-0.15, -0.1) is 5.10 Å². The van der Waals surface area contributed by atoms with Crippen molar-refractivity contribution < 1.29 is 14.3 Å². The van der Waals surface area contributed by atoms with Gasteiger partial charge in [0.15, 0.2) is 0 Å². The molecular weight excluding hydrogens is 392 g/mol. The van der Waals surface area contributed by atoms with Crippen LogP contribution in [0.3, 0.4) is 0 Å². The van der Waals surface area contributed by atoms with Crippen molar-refractivity contribution in [1.82, 2.24) is 20.2 Å². The van der Waals surface area contributed by atoms with Gasteiger partial charge < -0.3 is 15.4 Å². The molecular formula is C19H20N6O3S. The van der Waals surface area contributed by atoms with Gasteiger partial charge in [0.05, 0.1) is 23.6 Å². The summed E-state index contributed by atoms with van der Waals surface area (Å²) in [7, 11) is 1.70. The van der Waals surface area contributed by atoms with Crippen molar-refractivity contribution in [2.75, 3.05) is 23.0 Å². The van der Waals surface area contributed by atoms with Crippen molar-refractivity contribution in [3.8, 4) is 5.75 Å². The molecule has 0 atom stereocenters. The van der Waals surface area contributed by atoms with Crippen LogP contribution in [-0.4, -0.2) is 44.4 Å². The number of amides is 2. The summed E-state index contributed by atoms with van der Waals surface area (Å²) in [5.74, 6) is 0.256. The number of tetrazole rings is 1. The number of rotatable bonds is 8. The van der Waals surface area contributed by atoms with Crippen molar-refractivity contribution in [3.63, 3.8) is 0 Å². The van der Waals surface area contributed by atoms with Gasteiger partial charge >= 0.3 is 0 Å². The number of thioether (sulfide) groups is 1. The Morgan fingerprint density at radius 3 is 2.55 bits per heavy atom. The standard InChI is InChI=1S/C19H20N6O3S/c1-3-28-14-10-8-13(9-11-14)20-18(27)15-6-4-5-7-16(15)21-17(26)12-29-19-22-23-24-25(19)2/h4-11H,3,12H2,1-2H3,(H,20,27)(H,21,26). The third kappa shape index (κ3) is 5.55. The van der Waals surface area contributed by atoms with Gasteiger partial charge in [0, 0.05) is 12.7 Å². The fourth-order valence-electron chi connectivity index (χ4n) is 2.45. The van der Waals surface area contributed by atoms with Crippen LogP contribution < -0.4 is 15.4 Å². The van der Waals surface area contributed by atoms with E-state index in [1.807, 2.05) is 6.92 Å². The van der Waals surface area contributed by atoms with Crippen molar-refractivity contribution in [2.45, 2.75) is 12.1 Å². The molecule has 0 fully saturated rings. The van der Waals surface area contributed by atoms with Crippen LogP contribution in [0.4, 0.5) is 11.4 Å². The highest BCUT2D eigenvalue weighted by Crippen LogP contribution is 2.20. The molecule has 1 heterocycles. The number of para-hydroxylation sites is 1. The average Bonchev–Trinajstić information content (AvgIpc) is 3.13. The molecule has 3 rings (SSSR count). The summed E-state index contributed by atoms with van der Waals surface area (Å²) in [6.45, 7) is 2.48. The minimum atomic E-state index is -0.324. The van der Waals surface area contributed by atoms with E-state index in [1.54, 1.807) is 55.6 Å². The molecule has 3 aromatic rings. The molecule has 0 aliphatic rings. The molecule has 2 N–H and O–H groups in total. The lowest BCUT2D eigenvalue weighted by atomic mass is 10.1. The second kappa shape index (κ2) is 9.69. The minimum Gasteiger partial charge on any atom is -0.494 e. The Labute approximate surface area is 171 Å². The number of ether oxygens (including phenoxy) is 1. The molecule has 0 saturated heterocycles. The summed E-state index contributed by atoms with van der Waals surface area (Å²) < 4.78 is 6.88. The number of nitrogens with one attached hydrogen (secondary N) is 2. The first kappa shape index (κ1) is 20.3. The van der Waals surface area contributed by atoms with E-state index >= 15 is 0 Å².